The minimum atomic E-state index is -0.163. The summed E-state index contributed by atoms with van der Waals surface area (Å²) in [5, 5.41) is 12.2. The molecule has 0 spiro atoms. The molecule has 0 radical (unpaired) electrons. The molecule has 4 aromatic rings. The number of hydrogen-bond acceptors (Lipinski definition) is 6. The molecule has 0 saturated carbocycles. The van der Waals surface area contributed by atoms with E-state index in [2.05, 4.69) is 74.7 Å². The molecule has 190 valence electrons. The molecule has 0 aliphatic rings. The van der Waals surface area contributed by atoms with Gasteiger partial charge in [-0.1, -0.05) is 72.9 Å². The highest BCUT2D eigenvalue weighted by molar-refractivity contribution is 7.20. The minimum absolute atomic E-state index is 0.0110. The predicted molar refractivity (Wildman–Crippen MR) is 150 cm³/mol. The molecule has 0 aliphatic heterocycles. The molecular weight excluding hydrogens is 468 g/mol. The molecule has 7 nitrogen and oxygen atoms in total. The van der Waals surface area contributed by atoms with Crippen molar-refractivity contribution in [2.75, 3.05) is 30.4 Å². The Bertz CT molecular complexity index is 1290. The molecule has 0 unspecified atom stereocenters. The number of carbonyl (C=O) groups is 1. The predicted octanol–water partition coefficient (Wildman–Crippen LogP) is 5.42. The maximum Gasteiger partial charge on any atom is 0.239 e. The van der Waals surface area contributed by atoms with Crippen LogP contribution < -0.4 is 15.5 Å². The molecule has 36 heavy (non-hydrogen) atoms. The van der Waals surface area contributed by atoms with E-state index in [1.165, 1.54) is 22.5 Å². The Morgan fingerprint density at radius 3 is 2.44 bits per heavy atom. The van der Waals surface area contributed by atoms with E-state index < -0.39 is 0 Å². The molecule has 2 N–H and O–H groups in total. The van der Waals surface area contributed by atoms with Gasteiger partial charge in [0.05, 0.1) is 6.54 Å². The fourth-order valence-electron chi connectivity index (χ4n) is 3.96. The van der Waals surface area contributed by atoms with Crippen LogP contribution in [0.25, 0.3) is 16.2 Å². The first-order valence-electron chi connectivity index (χ1n) is 12.5. The van der Waals surface area contributed by atoms with Gasteiger partial charge in [0.2, 0.25) is 16.0 Å². The van der Waals surface area contributed by atoms with Crippen LogP contribution in [0.2, 0.25) is 0 Å². The molecule has 2 heterocycles. The van der Waals surface area contributed by atoms with Gasteiger partial charge in [0, 0.05) is 24.7 Å². The zero-order valence-corrected chi connectivity index (χ0v) is 22.7. The van der Waals surface area contributed by atoms with E-state index >= 15 is 0 Å². The molecule has 0 fully saturated rings. The highest BCUT2D eigenvalue weighted by Gasteiger charge is 2.23. The number of hydrogen-bond donors (Lipinski definition) is 2. The summed E-state index contributed by atoms with van der Waals surface area (Å²) in [6, 6.07) is 18.9. The first-order valence-corrected chi connectivity index (χ1v) is 13.3. The van der Waals surface area contributed by atoms with E-state index in [4.69, 9.17) is 10.1 Å². The average molecular weight is 505 g/mol. The summed E-state index contributed by atoms with van der Waals surface area (Å²) in [6.07, 6.45) is 2.87. The first-order chi connectivity index (χ1) is 17.2. The highest BCUT2D eigenvalue weighted by Crippen LogP contribution is 2.34. The van der Waals surface area contributed by atoms with Gasteiger partial charge in [0.15, 0.2) is 5.82 Å². The Balaban J connectivity index is 1.45. The van der Waals surface area contributed by atoms with Crippen LogP contribution in [0.4, 0.5) is 10.9 Å². The number of nitrogens with one attached hydrogen (secondary N) is 2. The number of carbonyl (C=O) groups excluding carboxylic acids is 1. The number of aryl methyl sites for hydroxylation is 2. The van der Waals surface area contributed by atoms with Crippen molar-refractivity contribution in [2.45, 2.75) is 52.5 Å². The third-order valence-electron chi connectivity index (χ3n) is 5.84. The quantitative estimate of drug-likeness (QED) is 0.282. The molecule has 2 aromatic heterocycles. The van der Waals surface area contributed by atoms with Crippen molar-refractivity contribution in [3.8, 4) is 11.3 Å². The molecule has 0 atom stereocenters. The number of amides is 1. The Morgan fingerprint density at radius 2 is 1.78 bits per heavy atom. The Labute approximate surface area is 217 Å². The van der Waals surface area contributed by atoms with Crippen molar-refractivity contribution in [1.29, 1.82) is 0 Å². The molecule has 1 amide bonds. The van der Waals surface area contributed by atoms with Crippen LogP contribution in [0, 0.1) is 0 Å². The Morgan fingerprint density at radius 1 is 1.06 bits per heavy atom. The lowest BCUT2D eigenvalue weighted by molar-refractivity contribution is -0.119. The van der Waals surface area contributed by atoms with Gasteiger partial charge in [0.1, 0.15) is 5.69 Å². The maximum atomic E-state index is 12.5. The summed E-state index contributed by atoms with van der Waals surface area (Å²) in [4.78, 5) is 20.1. The molecule has 2 aromatic carbocycles. The molecule has 8 heteroatoms. The second kappa shape index (κ2) is 11.1. The lowest BCUT2D eigenvalue weighted by Crippen LogP contribution is -2.35. The van der Waals surface area contributed by atoms with Crippen LogP contribution in [0.15, 0.2) is 54.6 Å². The number of imidazole rings is 1. The monoisotopic (exact) mass is 504 g/mol. The van der Waals surface area contributed by atoms with Gasteiger partial charge >= 0.3 is 0 Å². The average Bonchev–Trinajstić information content (AvgIpc) is 3.41. The summed E-state index contributed by atoms with van der Waals surface area (Å²) in [5.41, 5.74) is 4.36. The number of anilines is 2. The SMILES string of the molecule is CCc1ccc(-c2nc3sc(N(C)CC(=O)NCCCc4ccccc4)nn3c2NC(C)(C)C)cc1. The van der Waals surface area contributed by atoms with Gasteiger partial charge in [-0.05, 0) is 51.2 Å². The summed E-state index contributed by atoms with van der Waals surface area (Å²) in [6.45, 7) is 9.42. The maximum absolute atomic E-state index is 12.5. The van der Waals surface area contributed by atoms with Crippen molar-refractivity contribution in [3.63, 3.8) is 0 Å². The van der Waals surface area contributed by atoms with Crippen molar-refractivity contribution < 1.29 is 4.79 Å². The van der Waals surface area contributed by atoms with E-state index in [0.29, 0.717) is 6.54 Å². The van der Waals surface area contributed by atoms with Gasteiger partial charge in [0.25, 0.3) is 0 Å². The smallest absolute Gasteiger partial charge is 0.239 e. The van der Waals surface area contributed by atoms with Crippen LogP contribution in [-0.2, 0) is 17.6 Å². The third kappa shape index (κ3) is 6.43. The van der Waals surface area contributed by atoms with Gasteiger partial charge < -0.3 is 15.5 Å². The van der Waals surface area contributed by atoms with Crippen LogP contribution in [0.3, 0.4) is 0 Å². The van der Waals surface area contributed by atoms with Crippen LogP contribution in [0.5, 0.6) is 0 Å². The third-order valence-corrected chi connectivity index (χ3v) is 6.86. The molecule has 0 bridgehead atoms. The van der Waals surface area contributed by atoms with Crippen molar-refractivity contribution in [1.82, 2.24) is 19.9 Å². The second-order valence-corrected chi connectivity index (χ2v) is 11.0. The largest absolute Gasteiger partial charge is 0.364 e. The summed E-state index contributed by atoms with van der Waals surface area (Å²) in [7, 11) is 1.89. The Kier molecular flexibility index (Phi) is 7.94. The van der Waals surface area contributed by atoms with E-state index in [1.54, 1.807) is 0 Å². The minimum Gasteiger partial charge on any atom is -0.364 e. The Hall–Kier alpha value is -3.39. The van der Waals surface area contributed by atoms with E-state index in [0.717, 1.165) is 46.4 Å². The zero-order chi connectivity index (χ0) is 25.7. The van der Waals surface area contributed by atoms with E-state index in [-0.39, 0.29) is 18.0 Å². The number of fused-ring (bicyclic) bond motifs is 1. The number of rotatable bonds is 10. The summed E-state index contributed by atoms with van der Waals surface area (Å²) >= 11 is 1.48. The molecular formula is C28H36N6OS. The number of nitrogens with zero attached hydrogens (tertiary/aromatic N) is 4. The lowest BCUT2D eigenvalue weighted by Gasteiger charge is -2.22. The van der Waals surface area contributed by atoms with Crippen LogP contribution in [-0.4, -0.2) is 46.2 Å². The molecule has 0 aliphatic carbocycles. The van der Waals surface area contributed by atoms with Gasteiger partial charge in [-0.25, -0.2) is 4.98 Å². The zero-order valence-electron chi connectivity index (χ0n) is 21.8. The summed E-state index contributed by atoms with van der Waals surface area (Å²) < 4.78 is 1.86. The van der Waals surface area contributed by atoms with Gasteiger partial charge in [-0.2, -0.15) is 4.52 Å². The second-order valence-electron chi connectivity index (χ2n) is 10.1. The molecule has 4 rings (SSSR count). The fourth-order valence-corrected chi connectivity index (χ4v) is 4.83. The van der Waals surface area contributed by atoms with Crippen LogP contribution >= 0.6 is 11.3 Å². The van der Waals surface area contributed by atoms with Gasteiger partial charge in [-0.3, -0.25) is 4.79 Å². The topological polar surface area (TPSA) is 74.6 Å². The summed E-state index contributed by atoms with van der Waals surface area (Å²) in [5.74, 6) is 0.853. The normalized spacial score (nSPS) is 11.6. The molecule has 0 saturated heterocycles. The fraction of sp³-hybridized carbons (Fsp3) is 0.393. The number of aromatic nitrogens is 3. The standard InChI is InChI=1S/C28H36N6OS/c1-6-20-14-16-22(17-15-20)24-25(31-28(2,3)4)34-26(30-24)36-27(32-34)33(5)19-23(35)29-18-10-13-21-11-8-7-9-12-21/h7-9,11-12,14-17,31H,6,10,13,18-19H2,1-5H3,(H,29,35). The van der Waals surface area contributed by atoms with Crippen molar-refractivity contribution in [3.05, 3.63) is 65.7 Å². The van der Waals surface area contributed by atoms with Crippen molar-refractivity contribution >= 4 is 33.2 Å². The van der Waals surface area contributed by atoms with Crippen molar-refractivity contribution in [2.24, 2.45) is 0 Å². The van der Waals surface area contributed by atoms with E-state index in [9.17, 15) is 4.79 Å². The van der Waals surface area contributed by atoms with Crippen LogP contribution in [0.1, 0.15) is 45.2 Å². The first kappa shape index (κ1) is 25.7. The lowest BCUT2D eigenvalue weighted by atomic mass is 10.1. The number of likely N-dealkylation sites (N-methyl/N-ethyl adjacent to an activating group) is 1. The number of benzene rings is 2. The van der Waals surface area contributed by atoms with Gasteiger partial charge in [-0.15, -0.1) is 5.10 Å². The van der Waals surface area contributed by atoms with E-state index in [1.807, 2.05) is 34.7 Å². The highest BCUT2D eigenvalue weighted by atomic mass is 32.1.